The van der Waals surface area contributed by atoms with Crippen LogP contribution in [-0.4, -0.2) is 72.3 Å². The number of hydrogen-bond acceptors (Lipinski definition) is 13. The highest BCUT2D eigenvalue weighted by atomic mass is 16.6. The lowest BCUT2D eigenvalue weighted by Crippen LogP contribution is -2.34. The maximum Gasteiger partial charge on any atom is 0.340 e. The van der Waals surface area contributed by atoms with Gasteiger partial charge >= 0.3 is 23.9 Å². The largest absolute Gasteiger partial charge is 0.462 e. The molecule has 0 N–H and O–H groups in total. The summed E-state index contributed by atoms with van der Waals surface area (Å²) in [5.41, 5.74) is 15.2. The van der Waals surface area contributed by atoms with Crippen LogP contribution in [0.4, 0.5) is 17.1 Å². The number of carbonyl (C=O) groups is 4. The summed E-state index contributed by atoms with van der Waals surface area (Å²) in [6.45, 7) is 22.0. The van der Waals surface area contributed by atoms with Gasteiger partial charge in [-0.3, -0.25) is 0 Å². The molecule has 5 aliphatic heterocycles. The summed E-state index contributed by atoms with van der Waals surface area (Å²) >= 11 is 0. The van der Waals surface area contributed by atoms with E-state index in [9.17, 15) is 19.2 Å². The highest BCUT2D eigenvalue weighted by Crippen LogP contribution is 2.60. The number of ether oxygens (including phenoxy) is 6. The van der Waals surface area contributed by atoms with Crippen LogP contribution in [0.2, 0.25) is 0 Å². The molecule has 17 rings (SSSR count). The van der Waals surface area contributed by atoms with Gasteiger partial charge < -0.3 is 52.3 Å². The molecule has 0 saturated carbocycles. The van der Waals surface area contributed by atoms with Gasteiger partial charge in [0.2, 0.25) is 0 Å². The molecule has 12 aromatic rings. The molecule has 5 aliphatic rings. The van der Waals surface area contributed by atoms with Gasteiger partial charge in [0.1, 0.15) is 23.0 Å². The van der Waals surface area contributed by atoms with E-state index in [4.69, 9.17) is 28.4 Å². The first-order valence-electron chi connectivity index (χ1n) is 35.6. The minimum Gasteiger partial charge on any atom is -0.462 e. The smallest absolute Gasteiger partial charge is 0.340 e. The highest BCUT2D eigenvalue weighted by Gasteiger charge is 2.57. The molecule has 0 radical (unpaired) electrons. The van der Waals surface area contributed by atoms with E-state index < -0.39 is 28.7 Å². The van der Waals surface area contributed by atoms with E-state index in [0.29, 0.717) is 45.1 Å². The number of rotatable bonds is 14. The molecule has 15 nitrogen and oxygen atoms in total. The summed E-state index contributed by atoms with van der Waals surface area (Å²) in [5.74, 6) is 1.16. The van der Waals surface area contributed by atoms with Crippen LogP contribution >= 0.6 is 0 Å². The van der Waals surface area contributed by atoms with Crippen LogP contribution in [0.5, 0.6) is 23.0 Å². The van der Waals surface area contributed by atoms with Crippen molar-refractivity contribution in [1.29, 1.82) is 0 Å². The van der Waals surface area contributed by atoms with Crippen molar-refractivity contribution < 1.29 is 47.6 Å². The standard InChI is InChI=1S/C33H32N2O3.C28H24N2O2.C27H25NO5.CH4/c1-4-34(5-2)25-16-18-28-31(21-25)37-30-19-17-24(35(6-3)22-23-12-8-7-9-13-23)20-29(30)33(28)27-15-11-10-14-26(27)32(36)38-33;1-17-25(20-12-6-9-15-23(20)29(17)3)28(22-14-8-5-11-19(22)27(31)32-28)26-18(2)30(4)24-16-10-7-13-21(24)26;1-4-28(5-2)18-12-13-21-24(16-18)32-23-14-11-17(25(29)31-6-3)15-22(23)27(21)20-10-8-7-9-19(20)26(30)33-27;/h7-21H,4-6,22H2,1-3H3;5-16H,1-4H3;7-16H,4-6H2,1-3H3;1H4. The normalized spacial score (nSPS) is 16.2. The molecular formula is C89H85N5O10. The zero-order valence-corrected chi connectivity index (χ0v) is 59.6. The van der Waals surface area contributed by atoms with Crippen LogP contribution in [0.3, 0.4) is 0 Å². The summed E-state index contributed by atoms with van der Waals surface area (Å²) in [7, 11) is 4.15. The average molecular weight is 1380 g/mol. The van der Waals surface area contributed by atoms with E-state index in [0.717, 1.165) is 140 Å². The van der Waals surface area contributed by atoms with Crippen molar-refractivity contribution in [3.8, 4) is 23.0 Å². The second kappa shape index (κ2) is 27.5. The number of fused-ring (bicyclic) bond motifs is 15. The Balaban J connectivity index is 0.000000132. The Kier molecular flexibility index (Phi) is 18.3. The number of aromatic nitrogens is 2. The van der Waals surface area contributed by atoms with Gasteiger partial charge in [0.05, 0.1) is 28.9 Å². The van der Waals surface area contributed by atoms with Gasteiger partial charge in [-0.1, -0.05) is 129 Å². The predicted octanol–water partition coefficient (Wildman–Crippen LogP) is 18.8. The number of hydrogen-bond donors (Lipinski definition) is 0. The number of esters is 4. The topological polar surface area (TPSA) is 143 Å². The molecule has 2 spiro atoms. The molecule has 2 atom stereocenters. The number of para-hydroxylation sites is 2. The van der Waals surface area contributed by atoms with Crippen LogP contribution in [0.15, 0.2) is 224 Å². The van der Waals surface area contributed by atoms with Crippen molar-refractivity contribution in [1.82, 2.24) is 9.13 Å². The van der Waals surface area contributed by atoms with Crippen LogP contribution in [0, 0.1) is 13.8 Å². The zero-order valence-electron chi connectivity index (χ0n) is 59.6. The van der Waals surface area contributed by atoms with Gasteiger partial charge in [0.15, 0.2) is 16.8 Å². The Morgan fingerprint density at radius 1 is 0.394 bits per heavy atom. The maximum atomic E-state index is 13.3. The molecule has 0 aliphatic carbocycles. The second-order valence-electron chi connectivity index (χ2n) is 26.4. The molecular weight excluding hydrogens is 1300 g/mol. The van der Waals surface area contributed by atoms with Crippen molar-refractivity contribution in [2.24, 2.45) is 14.1 Å². The van der Waals surface area contributed by atoms with Gasteiger partial charge in [0.25, 0.3) is 0 Å². The maximum absolute atomic E-state index is 13.3. The Morgan fingerprint density at radius 3 is 1.24 bits per heavy atom. The van der Waals surface area contributed by atoms with Crippen molar-refractivity contribution in [2.75, 3.05) is 54.0 Å². The first kappa shape index (κ1) is 69.3. The average Bonchev–Trinajstić information content (AvgIpc) is 1.50. The number of nitrogens with zero attached hydrogens (tertiary/aromatic N) is 5. The molecule has 104 heavy (non-hydrogen) atoms. The molecule has 0 amide bonds. The first-order valence-corrected chi connectivity index (χ1v) is 35.6. The molecule has 0 saturated heterocycles. The molecule has 0 fully saturated rings. The Morgan fingerprint density at radius 2 is 0.779 bits per heavy atom. The van der Waals surface area contributed by atoms with Crippen molar-refractivity contribution in [2.45, 2.75) is 86.2 Å². The molecule has 7 heterocycles. The molecule has 0 bridgehead atoms. The number of benzene rings is 10. The fraction of sp³-hybridized carbons (Fsp3) is 0.236. The van der Waals surface area contributed by atoms with Crippen LogP contribution in [0.1, 0.15) is 157 Å². The zero-order chi connectivity index (χ0) is 71.6. The van der Waals surface area contributed by atoms with Gasteiger partial charge in [0, 0.05) is 166 Å². The summed E-state index contributed by atoms with van der Waals surface area (Å²) in [6, 6.07) is 73.7. The van der Waals surface area contributed by atoms with Gasteiger partial charge in [-0.05, 0) is 152 Å². The minimum absolute atomic E-state index is 0. The van der Waals surface area contributed by atoms with E-state index >= 15 is 0 Å². The first-order chi connectivity index (χ1) is 50.1. The summed E-state index contributed by atoms with van der Waals surface area (Å²) in [6.07, 6.45) is 0. The summed E-state index contributed by atoms with van der Waals surface area (Å²) in [5, 5.41) is 2.20. The van der Waals surface area contributed by atoms with Gasteiger partial charge in [-0.15, -0.1) is 0 Å². The predicted molar refractivity (Wildman–Crippen MR) is 409 cm³/mol. The Hall–Kier alpha value is -11.8. The monoisotopic (exact) mass is 1380 g/mol. The molecule has 15 heteroatoms. The molecule has 2 unspecified atom stereocenters. The van der Waals surface area contributed by atoms with E-state index in [-0.39, 0.29) is 26.0 Å². The third kappa shape index (κ3) is 10.8. The fourth-order valence-electron chi connectivity index (χ4n) is 16.3. The second-order valence-corrected chi connectivity index (χ2v) is 26.4. The van der Waals surface area contributed by atoms with Crippen molar-refractivity contribution in [3.63, 3.8) is 0 Å². The summed E-state index contributed by atoms with van der Waals surface area (Å²) in [4.78, 5) is 58.9. The molecule has 10 aromatic carbocycles. The third-order valence-electron chi connectivity index (χ3n) is 21.4. The molecule has 2 aromatic heterocycles. The Labute approximate surface area is 607 Å². The van der Waals surface area contributed by atoms with E-state index in [1.54, 1.807) is 31.2 Å². The number of anilines is 3. The van der Waals surface area contributed by atoms with E-state index in [2.05, 4.69) is 190 Å². The van der Waals surface area contributed by atoms with E-state index in [1.165, 1.54) is 5.56 Å². The number of cyclic esters (lactones) is 1. The summed E-state index contributed by atoms with van der Waals surface area (Å²) < 4.78 is 41.6. The lowest BCUT2D eigenvalue weighted by Gasteiger charge is -2.38. The fourth-order valence-corrected chi connectivity index (χ4v) is 16.3. The number of aryl methyl sites for hydroxylation is 2. The third-order valence-corrected chi connectivity index (χ3v) is 21.4. The lowest BCUT2D eigenvalue weighted by atomic mass is 9.77. The van der Waals surface area contributed by atoms with Gasteiger partial charge in [-0.2, -0.15) is 0 Å². The minimum atomic E-state index is -1.21. The number of carbonyl (C=O) groups excluding carboxylic acids is 4. The SMILES string of the molecule is C.CCN(CC)c1ccc2c(c1)Oc1ccc(N(CC)Cc3ccccc3)cc1C21OC(=O)c2ccccc21.CCOC(=O)c1ccc2c(c1)C1(OC(=O)c3ccccc31)c1ccc(N(CC)CC)cc1O2.Cc1c(C2(c3c(C)n(C)c4ccccc34)OC(=O)c3ccccc32)c2ccccc2n1C. The Bertz CT molecular complexity index is 5290. The molecule has 526 valence electrons. The van der Waals surface area contributed by atoms with Crippen molar-refractivity contribution in [3.05, 3.63) is 314 Å². The van der Waals surface area contributed by atoms with Crippen LogP contribution < -0.4 is 24.2 Å². The highest BCUT2D eigenvalue weighted by molar-refractivity contribution is 6.02. The van der Waals surface area contributed by atoms with Crippen LogP contribution in [0.25, 0.3) is 21.8 Å². The lowest BCUT2D eigenvalue weighted by molar-refractivity contribution is 0.0214. The van der Waals surface area contributed by atoms with Gasteiger partial charge in [-0.25, -0.2) is 19.2 Å². The van der Waals surface area contributed by atoms with Crippen LogP contribution in [-0.2, 0) is 56.4 Å². The van der Waals surface area contributed by atoms with Crippen molar-refractivity contribution >= 4 is 62.7 Å². The quantitative estimate of drug-likeness (QED) is 0.0753. The van der Waals surface area contributed by atoms with E-state index in [1.807, 2.05) is 97.1 Å².